The maximum Gasteiger partial charge on any atom is 0.194 e. The van der Waals surface area contributed by atoms with Crippen LogP contribution in [-0.2, 0) is 6.54 Å². The molecule has 0 heterocycles. The van der Waals surface area contributed by atoms with E-state index in [1.165, 1.54) is 0 Å². The fraction of sp³-hybridized carbons (Fsp3) is 0.381. The Kier molecular flexibility index (Phi) is 10.7. The van der Waals surface area contributed by atoms with Gasteiger partial charge < -0.3 is 24.8 Å². The maximum atomic E-state index is 10.4. The minimum Gasteiger partial charge on any atom is -0.497 e. The van der Waals surface area contributed by atoms with E-state index in [4.69, 9.17) is 9.47 Å². The van der Waals surface area contributed by atoms with Crippen LogP contribution in [-0.4, -0.2) is 50.3 Å². The molecule has 2 aromatic carbocycles. The van der Waals surface area contributed by atoms with Crippen molar-refractivity contribution in [2.75, 3.05) is 34.4 Å². The van der Waals surface area contributed by atoms with Crippen LogP contribution in [0.4, 0.5) is 0 Å². The largest absolute Gasteiger partial charge is 0.497 e. The SMILES string of the molecule is CCNC(=NCC(O)c1ccc(OC)cc1)N(C)Cc1ccc(OC)cc1.I. The Morgan fingerprint density at radius 1 is 1.04 bits per heavy atom. The second-order valence-corrected chi connectivity index (χ2v) is 6.19. The number of rotatable bonds is 8. The number of aliphatic hydroxyl groups excluding tert-OH is 1. The van der Waals surface area contributed by atoms with Crippen molar-refractivity contribution < 1.29 is 14.6 Å². The molecule has 6 nitrogen and oxygen atoms in total. The number of benzene rings is 2. The van der Waals surface area contributed by atoms with Gasteiger partial charge in [-0.1, -0.05) is 24.3 Å². The predicted octanol–water partition coefficient (Wildman–Crippen LogP) is 3.45. The molecule has 2 rings (SSSR count). The molecule has 0 radical (unpaired) electrons. The van der Waals surface area contributed by atoms with Gasteiger partial charge >= 0.3 is 0 Å². The summed E-state index contributed by atoms with van der Waals surface area (Å²) in [6.07, 6.45) is -0.668. The molecule has 0 saturated heterocycles. The lowest BCUT2D eigenvalue weighted by molar-refractivity contribution is 0.186. The fourth-order valence-corrected chi connectivity index (χ4v) is 2.65. The third kappa shape index (κ3) is 7.20. The molecule has 0 aliphatic carbocycles. The summed E-state index contributed by atoms with van der Waals surface area (Å²) in [6.45, 7) is 3.76. The van der Waals surface area contributed by atoms with Gasteiger partial charge in [0.25, 0.3) is 0 Å². The molecular formula is C21H30IN3O3. The Morgan fingerprint density at radius 3 is 2.07 bits per heavy atom. The van der Waals surface area contributed by atoms with Crippen LogP contribution in [0.5, 0.6) is 11.5 Å². The summed E-state index contributed by atoms with van der Waals surface area (Å²) in [4.78, 5) is 6.62. The number of hydrogen-bond donors (Lipinski definition) is 2. The molecule has 1 atom stereocenters. The molecule has 0 amide bonds. The third-order valence-electron chi connectivity index (χ3n) is 4.19. The van der Waals surface area contributed by atoms with Gasteiger partial charge in [0.05, 0.1) is 26.9 Å². The van der Waals surface area contributed by atoms with Crippen LogP contribution in [0.3, 0.4) is 0 Å². The summed E-state index contributed by atoms with van der Waals surface area (Å²) in [5, 5.41) is 13.7. The third-order valence-corrected chi connectivity index (χ3v) is 4.19. The lowest BCUT2D eigenvalue weighted by atomic mass is 10.1. The zero-order chi connectivity index (χ0) is 19.6. The van der Waals surface area contributed by atoms with Gasteiger partial charge in [-0.05, 0) is 42.3 Å². The smallest absolute Gasteiger partial charge is 0.194 e. The Labute approximate surface area is 184 Å². The van der Waals surface area contributed by atoms with Crippen LogP contribution in [0.15, 0.2) is 53.5 Å². The summed E-state index contributed by atoms with van der Waals surface area (Å²) >= 11 is 0. The molecule has 0 aromatic heterocycles. The number of methoxy groups -OCH3 is 2. The lowest BCUT2D eigenvalue weighted by Crippen LogP contribution is -2.38. The van der Waals surface area contributed by atoms with Crippen molar-refractivity contribution in [2.45, 2.75) is 19.6 Å². The number of halogens is 1. The highest BCUT2D eigenvalue weighted by molar-refractivity contribution is 14.0. The standard InChI is InChI=1S/C21H29N3O3.HI/c1-5-22-21(24(2)15-16-6-10-18(26-3)11-7-16)23-14-20(25)17-8-12-19(27-4)13-9-17;/h6-13,20,25H,5,14-15H2,1-4H3,(H,22,23);1H. The average molecular weight is 499 g/mol. The second-order valence-electron chi connectivity index (χ2n) is 6.19. The van der Waals surface area contributed by atoms with E-state index in [1.807, 2.05) is 67.4 Å². The van der Waals surface area contributed by atoms with E-state index < -0.39 is 6.10 Å². The average Bonchev–Trinajstić information content (AvgIpc) is 2.71. The van der Waals surface area contributed by atoms with Gasteiger partial charge in [-0.2, -0.15) is 0 Å². The normalized spacial score (nSPS) is 12.0. The first-order chi connectivity index (χ1) is 13.1. The Morgan fingerprint density at radius 2 is 1.57 bits per heavy atom. The van der Waals surface area contributed by atoms with Gasteiger partial charge in [0.2, 0.25) is 0 Å². The molecule has 154 valence electrons. The summed E-state index contributed by atoms with van der Waals surface area (Å²) in [5.41, 5.74) is 1.97. The van der Waals surface area contributed by atoms with Crippen molar-refractivity contribution in [1.29, 1.82) is 0 Å². The summed E-state index contributed by atoms with van der Waals surface area (Å²) < 4.78 is 10.3. The van der Waals surface area contributed by atoms with Gasteiger partial charge in [-0.15, -0.1) is 24.0 Å². The zero-order valence-corrected chi connectivity index (χ0v) is 19.2. The molecule has 28 heavy (non-hydrogen) atoms. The van der Waals surface area contributed by atoms with Gasteiger partial charge in [0.15, 0.2) is 5.96 Å². The first-order valence-corrected chi connectivity index (χ1v) is 9.01. The molecule has 0 fully saturated rings. The van der Waals surface area contributed by atoms with Crippen LogP contribution < -0.4 is 14.8 Å². The lowest BCUT2D eigenvalue weighted by Gasteiger charge is -2.23. The molecule has 2 N–H and O–H groups in total. The van der Waals surface area contributed by atoms with Gasteiger partial charge in [0, 0.05) is 20.1 Å². The number of aliphatic hydroxyl groups is 1. The number of hydrogen-bond acceptors (Lipinski definition) is 4. The van der Waals surface area contributed by atoms with Crippen LogP contribution in [0.2, 0.25) is 0 Å². The molecule has 0 bridgehead atoms. The van der Waals surface area contributed by atoms with Crippen molar-refractivity contribution >= 4 is 29.9 Å². The van der Waals surface area contributed by atoms with E-state index in [2.05, 4.69) is 10.3 Å². The number of nitrogens with zero attached hydrogens (tertiary/aromatic N) is 2. The highest BCUT2D eigenvalue weighted by Crippen LogP contribution is 2.18. The van der Waals surface area contributed by atoms with E-state index in [9.17, 15) is 5.11 Å². The van der Waals surface area contributed by atoms with Gasteiger partial charge in [-0.25, -0.2) is 0 Å². The van der Waals surface area contributed by atoms with Crippen molar-refractivity contribution in [1.82, 2.24) is 10.2 Å². The predicted molar refractivity (Wildman–Crippen MR) is 124 cm³/mol. The first-order valence-electron chi connectivity index (χ1n) is 9.01. The van der Waals surface area contributed by atoms with Crippen LogP contribution in [0.25, 0.3) is 0 Å². The Bertz CT molecular complexity index is 721. The summed E-state index contributed by atoms with van der Waals surface area (Å²) in [6, 6.07) is 15.3. The monoisotopic (exact) mass is 499 g/mol. The van der Waals surface area contributed by atoms with Crippen molar-refractivity contribution in [2.24, 2.45) is 4.99 Å². The molecule has 0 aliphatic rings. The van der Waals surface area contributed by atoms with Gasteiger partial charge in [-0.3, -0.25) is 4.99 Å². The highest BCUT2D eigenvalue weighted by atomic mass is 127. The number of aliphatic imine (C=N–C) groups is 1. The van der Waals surface area contributed by atoms with Crippen molar-refractivity contribution in [3.8, 4) is 11.5 Å². The van der Waals surface area contributed by atoms with Crippen LogP contribution >= 0.6 is 24.0 Å². The zero-order valence-electron chi connectivity index (χ0n) is 16.9. The Hall–Kier alpha value is -2.00. The van der Waals surface area contributed by atoms with Crippen molar-refractivity contribution in [3.05, 3.63) is 59.7 Å². The molecule has 0 aliphatic heterocycles. The number of nitrogens with one attached hydrogen (secondary N) is 1. The van der Waals surface area contributed by atoms with Crippen LogP contribution in [0.1, 0.15) is 24.2 Å². The minimum atomic E-state index is -0.668. The highest BCUT2D eigenvalue weighted by Gasteiger charge is 2.11. The van der Waals surface area contributed by atoms with E-state index in [1.54, 1.807) is 14.2 Å². The number of ether oxygens (including phenoxy) is 2. The van der Waals surface area contributed by atoms with E-state index >= 15 is 0 Å². The molecule has 7 heteroatoms. The quantitative estimate of drug-likeness (QED) is 0.331. The van der Waals surface area contributed by atoms with E-state index in [0.29, 0.717) is 6.54 Å². The first kappa shape index (κ1) is 24.0. The van der Waals surface area contributed by atoms with E-state index in [-0.39, 0.29) is 30.5 Å². The number of guanidine groups is 1. The Balaban J connectivity index is 0.00000392. The molecule has 1 unspecified atom stereocenters. The molecule has 0 saturated carbocycles. The summed E-state index contributed by atoms with van der Waals surface area (Å²) in [7, 11) is 5.26. The van der Waals surface area contributed by atoms with Gasteiger partial charge in [0.1, 0.15) is 11.5 Å². The molecular weight excluding hydrogens is 469 g/mol. The summed E-state index contributed by atoms with van der Waals surface area (Å²) in [5.74, 6) is 2.35. The molecule has 0 spiro atoms. The van der Waals surface area contributed by atoms with E-state index in [0.717, 1.165) is 35.1 Å². The van der Waals surface area contributed by atoms with Crippen LogP contribution in [0, 0.1) is 0 Å². The second kappa shape index (κ2) is 12.5. The molecule has 2 aromatic rings. The van der Waals surface area contributed by atoms with Crippen molar-refractivity contribution in [3.63, 3.8) is 0 Å². The fourth-order valence-electron chi connectivity index (χ4n) is 2.65. The maximum absolute atomic E-state index is 10.4. The topological polar surface area (TPSA) is 66.3 Å². The minimum absolute atomic E-state index is 0.